The summed E-state index contributed by atoms with van der Waals surface area (Å²) < 4.78 is 11.1. The minimum Gasteiger partial charge on any atom is -0.486 e. The van der Waals surface area contributed by atoms with Crippen LogP contribution in [0.4, 0.5) is 5.69 Å². The Bertz CT molecular complexity index is 773. The van der Waals surface area contributed by atoms with Gasteiger partial charge in [0.05, 0.1) is 0 Å². The highest BCUT2D eigenvalue weighted by Gasteiger charge is 2.11. The van der Waals surface area contributed by atoms with E-state index in [4.69, 9.17) is 9.47 Å². The minimum atomic E-state index is -0.134. The van der Waals surface area contributed by atoms with Gasteiger partial charge in [0.2, 0.25) is 5.91 Å². The minimum absolute atomic E-state index is 0.134. The molecule has 1 amide bonds. The zero-order chi connectivity index (χ0) is 17.6. The Morgan fingerprint density at radius 2 is 1.72 bits per heavy atom. The molecule has 2 aromatic carbocycles. The van der Waals surface area contributed by atoms with E-state index >= 15 is 0 Å². The van der Waals surface area contributed by atoms with Crippen LogP contribution in [0.2, 0.25) is 0 Å². The van der Waals surface area contributed by atoms with E-state index in [1.807, 2.05) is 24.3 Å². The normalized spacial score (nSPS) is 13.0. The molecule has 0 saturated carbocycles. The van der Waals surface area contributed by atoms with Crippen molar-refractivity contribution >= 4 is 17.7 Å². The van der Waals surface area contributed by atoms with E-state index in [1.54, 1.807) is 12.2 Å². The predicted molar refractivity (Wildman–Crippen MR) is 100 cm³/mol. The number of hydrogen-bond acceptors (Lipinski definition) is 3. The molecule has 130 valence electrons. The molecule has 0 spiro atoms. The highest BCUT2D eigenvalue weighted by Crippen LogP contribution is 2.31. The summed E-state index contributed by atoms with van der Waals surface area (Å²) in [5.41, 5.74) is 4.14. The van der Waals surface area contributed by atoms with Crippen LogP contribution in [0.3, 0.4) is 0 Å². The fourth-order valence-electron chi connectivity index (χ4n) is 2.90. The Morgan fingerprint density at radius 1 is 1.04 bits per heavy atom. The second kappa shape index (κ2) is 7.88. The molecule has 1 aliphatic heterocycles. The number of carbonyl (C=O) groups is 1. The predicted octanol–water partition coefficient (Wildman–Crippen LogP) is 4.23. The summed E-state index contributed by atoms with van der Waals surface area (Å²) in [6.07, 6.45) is 5.11. The van der Waals surface area contributed by atoms with Gasteiger partial charge in [0, 0.05) is 11.8 Å². The van der Waals surface area contributed by atoms with Gasteiger partial charge in [0.1, 0.15) is 13.2 Å². The summed E-state index contributed by atoms with van der Waals surface area (Å²) >= 11 is 0. The maximum absolute atomic E-state index is 12.4. The molecule has 0 radical (unpaired) electrons. The van der Waals surface area contributed by atoms with Gasteiger partial charge in [-0.25, -0.2) is 0 Å². The van der Waals surface area contributed by atoms with Gasteiger partial charge < -0.3 is 14.8 Å². The Balaban J connectivity index is 1.74. The van der Waals surface area contributed by atoms with E-state index in [0.29, 0.717) is 13.2 Å². The van der Waals surface area contributed by atoms with E-state index < -0.39 is 0 Å². The van der Waals surface area contributed by atoms with Crippen molar-refractivity contribution in [3.8, 4) is 11.5 Å². The van der Waals surface area contributed by atoms with Crippen molar-refractivity contribution in [2.75, 3.05) is 18.5 Å². The van der Waals surface area contributed by atoms with Crippen molar-refractivity contribution in [1.82, 2.24) is 0 Å². The molecule has 0 unspecified atom stereocenters. The maximum Gasteiger partial charge on any atom is 0.248 e. The lowest BCUT2D eigenvalue weighted by Crippen LogP contribution is -2.15. The Morgan fingerprint density at radius 3 is 2.40 bits per heavy atom. The third-order valence-corrected chi connectivity index (χ3v) is 4.24. The van der Waals surface area contributed by atoms with Crippen LogP contribution >= 0.6 is 0 Å². The first-order valence-electron chi connectivity index (χ1n) is 8.70. The number of aryl methyl sites for hydroxylation is 2. The fraction of sp³-hybridized carbons (Fsp3) is 0.286. The number of carbonyl (C=O) groups excluding carboxylic acids is 1. The largest absolute Gasteiger partial charge is 0.486 e. The molecule has 0 bridgehead atoms. The number of para-hydroxylation sites is 1. The summed E-state index contributed by atoms with van der Waals surface area (Å²) in [7, 11) is 0. The van der Waals surface area contributed by atoms with Crippen LogP contribution in [0.15, 0.2) is 42.5 Å². The van der Waals surface area contributed by atoms with Crippen molar-refractivity contribution in [1.29, 1.82) is 0 Å². The van der Waals surface area contributed by atoms with Gasteiger partial charge in [-0.1, -0.05) is 38.1 Å². The number of ether oxygens (including phenoxy) is 2. The molecule has 4 heteroatoms. The molecular formula is C21H23NO3. The number of rotatable bonds is 5. The lowest BCUT2D eigenvalue weighted by molar-refractivity contribution is -0.111. The van der Waals surface area contributed by atoms with Crippen molar-refractivity contribution in [3.63, 3.8) is 0 Å². The fourth-order valence-corrected chi connectivity index (χ4v) is 2.90. The van der Waals surface area contributed by atoms with E-state index in [0.717, 1.165) is 46.7 Å². The average Bonchev–Trinajstić information content (AvgIpc) is 2.66. The van der Waals surface area contributed by atoms with Crippen molar-refractivity contribution in [3.05, 3.63) is 59.2 Å². The summed E-state index contributed by atoms with van der Waals surface area (Å²) in [5, 5.41) is 3.03. The first kappa shape index (κ1) is 17.1. The van der Waals surface area contributed by atoms with Crippen LogP contribution < -0.4 is 14.8 Å². The van der Waals surface area contributed by atoms with Crippen LogP contribution in [0, 0.1) is 0 Å². The molecule has 0 aromatic heterocycles. The Hall–Kier alpha value is -2.75. The topological polar surface area (TPSA) is 47.6 Å². The smallest absolute Gasteiger partial charge is 0.248 e. The molecule has 25 heavy (non-hydrogen) atoms. The van der Waals surface area contributed by atoms with Gasteiger partial charge in [-0.15, -0.1) is 0 Å². The molecule has 0 saturated heterocycles. The monoisotopic (exact) mass is 337 g/mol. The Kier molecular flexibility index (Phi) is 5.39. The van der Waals surface area contributed by atoms with E-state index in [-0.39, 0.29) is 5.91 Å². The number of anilines is 1. The number of fused-ring (bicyclic) bond motifs is 1. The summed E-state index contributed by atoms with van der Waals surface area (Å²) in [6, 6.07) is 11.8. The van der Waals surface area contributed by atoms with Crippen molar-refractivity contribution in [2.45, 2.75) is 26.7 Å². The highest BCUT2D eigenvalue weighted by molar-refractivity contribution is 6.02. The first-order valence-corrected chi connectivity index (χ1v) is 8.70. The van der Waals surface area contributed by atoms with Gasteiger partial charge in [0.15, 0.2) is 11.5 Å². The van der Waals surface area contributed by atoms with Crippen LogP contribution in [0.1, 0.15) is 30.5 Å². The second-order valence-electron chi connectivity index (χ2n) is 5.88. The number of benzene rings is 2. The summed E-state index contributed by atoms with van der Waals surface area (Å²) in [5.74, 6) is 1.33. The van der Waals surface area contributed by atoms with Gasteiger partial charge >= 0.3 is 0 Å². The molecule has 0 aliphatic carbocycles. The third kappa shape index (κ3) is 4.02. The van der Waals surface area contributed by atoms with Gasteiger partial charge in [-0.3, -0.25) is 4.79 Å². The molecule has 2 aromatic rings. The van der Waals surface area contributed by atoms with Gasteiger partial charge in [-0.05, 0) is 47.7 Å². The SMILES string of the molecule is CCc1cccc(CC)c1NC(=O)/C=C/c1ccc2c(c1)OCCO2. The lowest BCUT2D eigenvalue weighted by Gasteiger charge is -2.18. The van der Waals surface area contributed by atoms with Crippen LogP contribution in [-0.4, -0.2) is 19.1 Å². The van der Waals surface area contributed by atoms with E-state index in [2.05, 4.69) is 31.3 Å². The summed E-state index contributed by atoms with van der Waals surface area (Å²) in [6.45, 7) is 5.31. The van der Waals surface area contributed by atoms with E-state index in [9.17, 15) is 4.79 Å². The maximum atomic E-state index is 12.4. The quantitative estimate of drug-likeness (QED) is 0.831. The van der Waals surface area contributed by atoms with Crippen molar-refractivity contribution in [2.24, 2.45) is 0 Å². The number of nitrogens with one attached hydrogen (secondary N) is 1. The number of amides is 1. The molecule has 0 fully saturated rings. The molecule has 1 N–H and O–H groups in total. The molecule has 4 nitrogen and oxygen atoms in total. The van der Waals surface area contributed by atoms with Crippen molar-refractivity contribution < 1.29 is 14.3 Å². The highest BCUT2D eigenvalue weighted by atomic mass is 16.6. The molecule has 3 rings (SSSR count). The average molecular weight is 337 g/mol. The molecule has 1 aliphatic rings. The zero-order valence-corrected chi connectivity index (χ0v) is 14.7. The lowest BCUT2D eigenvalue weighted by atomic mass is 10.0. The van der Waals surface area contributed by atoms with Gasteiger partial charge in [0.25, 0.3) is 0 Å². The molecule has 0 atom stereocenters. The third-order valence-electron chi connectivity index (χ3n) is 4.24. The van der Waals surface area contributed by atoms with Crippen LogP contribution in [0.25, 0.3) is 6.08 Å². The Labute approximate surface area is 148 Å². The van der Waals surface area contributed by atoms with Crippen LogP contribution in [-0.2, 0) is 17.6 Å². The molecular weight excluding hydrogens is 314 g/mol. The van der Waals surface area contributed by atoms with E-state index in [1.165, 1.54) is 0 Å². The summed E-state index contributed by atoms with van der Waals surface area (Å²) in [4.78, 5) is 12.4. The van der Waals surface area contributed by atoms with Crippen LogP contribution in [0.5, 0.6) is 11.5 Å². The standard InChI is InChI=1S/C21H23NO3/c1-3-16-6-5-7-17(4-2)21(16)22-20(23)11-9-15-8-10-18-19(14-15)25-13-12-24-18/h5-11,14H,3-4,12-13H2,1-2H3,(H,22,23)/b11-9+. The zero-order valence-electron chi connectivity index (χ0n) is 14.7. The second-order valence-corrected chi connectivity index (χ2v) is 5.88. The first-order chi connectivity index (χ1) is 12.2. The molecule has 1 heterocycles. The number of hydrogen-bond donors (Lipinski definition) is 1. The van der Waals surface area contributed by atoms with Gasteiger partial charge in [-0.2, -0.15) is 0 Å².